The monoisotopic (exact) mass is 317 g/mol. The van der Waals surface area contributed by atoms with Gasteiger partial charge in [0.15, 0.2) is 0 Å². The molecule has 0 aromatic heterocycles. The molecule has 8 heteroatoms. The van der Waals surface area contributed by atoms with Crippen LogP contribution in [0.25, 0.3) is 0 Å². The molecule has 0 atom stereocenters. The lowest BCUT2D eigenvalue weighted by atomic mass is 9.95. The van der Waals surface area contributed by atoms with Crippen LogP contribution in [0.15, 0.2) is 18.2 Å². The molecular formula is C14H18F3N3O2. The zero-order chi connectivity index (χ0) is 16.3. The predicted octanol–water partition coefficient (Wildman–Crippen LogP) is 2.87. The lowest BCUT2D eigenvalue weighted by Crippen LogP contribution is -2.39. The summed E-state index contributed by atoms with van der Waals surface area (Å²) in [5, 5.41) is 10.8. The van der Waals surface area contributed by atoms with Crippen LogP contribution >= 0.6 is 0 Å². The van der Waals surface area contributed by atoms with Gasteiger partial charge in [-0.05, 0) is 37.4 Å². The third-order valence-corrected chi connectivity index (χ3v) is 3.99. The molecule has 1 aromatic carbocycles. The molecule has 0 saturated carbocycles. The highest BCUT2D eigenvalue weighted by Crippen LogP contribution is 2.36. The van der Waals surface area contributed by atoms with E-state index < -0.39 is 17.0 Å². The number of nitro benzene ring substituents is 1. The van der Waals surface area contributed by atoms with Crippen LogP contribution in [0.5, 0.6) is 0 Å². The van der Waals surface area contributed by atoms with Gasteiger partial charge in [0, 0.05) is 30.9 Å². The second-order valence-electron chi connectivity index (χ2n) is 5.41. The Morgan fingerprint density at radius 3 is 2.45 bits per heavy atom. The molecule has 5 nitrogen and oxygen atoms in total. The Hall–Kier alpha value is -1.83. The smallest absolute Gasteiger partial charge is 0.371 e. The first kappa shape index (κ1) is 16.5. The van der Waals surface area contributed by atoms with Crippen LogP contribution in [0.3, 0.4) is 0 Å². The molecule has 0 unspecified atom stereocenters. The summed E-state index contributed by atoms with van der Waals surface area (Å²) in [6.07, 6.45) is -3.61. The summed E-state index contributed by atoms with van der Waals surface area (Å²) in [5.74, 6) is -1.26. The number of alkyl halides is 3. The highest BCUT2D eigenvalue weighted by atomic mass is 19.4. The third-order valence-electron chi connectivity index (χ3n) is 3.99. The molecule has 0 aliphatic carbocycles. The summed E-state index contributed by atoms with van der Waals surface area (Å²) >= 11 is 0. The molecule has 1 saturated heterocycles. The van der Waals surface area contributed by atoms with Gasteiger partial charge >= 0.3 is 6.18 Å². The van der Waals surface area contributed by atoms with Crippen molar-refractivity contribution >= 4 is 11.4 Å². The zero-order valence-electron chi connectivity index (χ0n) is 12.0. The quantitative estimate of drug-likeness (QED) is 0.684. The molecule has 22 heavy (non-hydrogen) atoms. The van der Waals surface area contributed by atoms with Crippen molar-refractivity contribution in [2.75, 3.05) is 24.5 Å². The van der Waals surface area contributed by atoms with Crippen molar-refractivity contribution in [3.05, 3.63) is 33.9 Å². The van der Waals surface area contributed by atoms with Crippen molar-refractivity contribution in [1.29, 1.82) is 0 Å². The van der Waals surface area contributed by atoms with Gasteiger partial charge in [0.1, 0.15) is 0 Å². The van der Waals surface area contributed by atoms with Crippen LogP contribution in [0.4, 0.5) is 24.5 Å². The lowest BCUT2D eigenvalue weighted by molar-refractivity contribution is -0.384. The van der Waals surface area contributed by atoms with Crippen LogP contribution in [-0.4, -0.2) is 30.7 Å². The molecule has 1 aliphatic rings. The summed E-state index contributed by atoms with van der Waals surface area (Å²) in [7, 11) is 0. The van der Waals surface area contributed by atoms with Crippen molar-refractivity contribution in [3.63, 3.8) is 0 Å². The molecule has 1 aliphatic heterocycles. The van der Waals surface area contributed by atoms with Crippen LogP contribution in [-0.2, 0) is 6.42 Å². The Labute approximate surface area is 126 Å². The van der Waals surface area contributed by atoms with Crippen LogP contribution in [0.1, 0.15) is 18.4 Å². The predicted molar refractivity (Wildman–Crippen MR) is 76.8 cm³/mol. The molecule has 0 spiro atoms. The molecular weight excluding hydrogens is 299 g/mol. The van der Waals surface area contributed by atoms with Gasteiger partial charge in [0.05, 0.1) is 10.8 Å². The molecule has 2 N–H and O–H groups in total. The number of anilines is 1. The van der Waals surface area contributed by atoms with Gasteiger partial charge in [-0.1, -0.05) is 0 Å². The maximum atomic E-state index is 12.7. The van der Waals surface area contributed by atoms with E-state index in [9.17, 15) is 23.3 Å². The van der Waals surface area contributed by atoms with Gasteiger partial charge in [-0.15, -0.1) is 0 Å². The number of benzene rings is 1. The molecule has 1 aromatic rings. The Morgan fingerprint density at radius 1 is 1.32 bits per heavy atom. The van der Waals surface area contributed by atoms with Crippen molar-refractivity contribution in [2.45, 2.75) is 25.4 Å². The van der Waals surface area contributed by atoms with Gasteiger partial charge in [0.2, 0.25) is 0 Å². The minimum Gasteiger partial charge on any atom is -0.371 e. The van der Waals surface area contributed by atoms with Gasteiger partial charge < -0.3 is 10.6 Å². The molecule has 0 radical (unpaired) electrons. The Morgan fingerprint density at radius 2 is 1.95 bits per heavy atom. The molecule has 2 rings (SSSR count). The summed E-state index contributed by atoms with van der Waals surface area (Å²) in [4.78, 5) is 12.2. The first-order valence-corrected chi connectivity index (χ1v) is 7.12. The number of piperidine rings is 1. The summed E-state index contributed by atoms with van der Waals surface area (Å²) < 4.78 is 38.1. The number of nitro groups is 1. The van der Waals surface area contributed by atoms with E-state index in [0.29, 0.717) is 31.6 Å². The summed E-state index contributed by atoms with van der Waals surface area (Å²) in [5.41, 5.74) is 6.95. The Bertz CT molecular complexity index is 541. The van der Waals surface area contributed by atoms with E-state index in [-0.39, 0.29) is 18.5 Å². The molecule has 1 fully saturated rings. The SMILES string of the molecule is NCCc1cc([N+](=O)[O-])ccc1N1CCC(C(F)(F)F)CC1. The fourth-order valence-electron chi connectivity index (χ4n) is 2.80. The highest BCUT2D eigenvalue weighted by molar-refractivity contribution is 5.58. The number of hydrogen-bond acceptors (Lipinski definition) is 4. The van der Waals surface area contributed by atoms with Crippen molar-refractivity contribution in [1.82, 2.24) is 0 Å². The van der Waals surface area contributed by atoms with Crippen LogP contribution in [0, 0.1) is 16.0 Å². The van der Waals surface area contributed by atoms with Crippen molar-refractivity contribution < 1.29 is 18.1 Å². The number of non-ortho nitro benzene ring substituents is 1. The second kappa shape index (κ2) is 6.51. The number of nitrogens with two attached hydrogens (primary N) is 1. The largest absolute Gasteiger partial charge is 0.391 e. The van der Waals surface area contributed by atoms with E-state index in [1.807, 2.05) is 4.90 Å². The minimum absolute atomic E-state index is 0.0302. The average molecular weight is 317 g/mol. The highest BCUT2D eigenvalue weighted by Gasteiger charge is 2.41. The number of rotatable bonds is 4. The Balaban J connectivity index is 2.17. The van der Waals surface area contributed by atoms with Gasteiger partial charge in [0.25, 0.3) is 5.69 Å². The number of hydrogen-bond donors (Lipinski definition) is 1. The average Bonchev–Trinajstić information content (AvgIpc) is 2.47. The molecule has 0 amide bonds. The van der Waals surface area contributed by atoms with Crippen molar-refractivity contribution in [3.8, 4) is 0 Å². The third kappa shape index (κ3) is 3.68. The molecule has 122 valence electrons. The van der Waals surface area contributed by atoms with E-state index in [1.165, 1.54) is 12.1 Å². The maximum Gasteiger partial charge on any atom is 0.391 e. The van der Waals surface area contributed by atoms with Gasteiger partial charge in [-0.2, -0.15) is 13.2 Å². The van der Waals surface area contributed by atoms with E-state index in [0.717, 1.165) is 5.69 Å². The van der Waals surface area contributed by atoms with E-state index in [4.69, 9.17) is 5.73 Å². The summed E-state index contributed by atoms with van der Waals surface area (Å²) in [6.45, 7) is 0.909. The fourth-order valence-corrected chi connectivity index (χ4v) is 2.80. The van der Waals surface area contributed by atoms with Crippen molar-refractivity contribution in [2.24, 2.45) is 11.7 Å². The summed E-state index contributed by atoms with van der Waals surface area (Å²) in [6, 6.07) is 4.44. The number of halogens is 3. The van der Waals surface area contributed by atoms with E-state index in [1.54, 1.807) is 6.07 Å². The second-order valence-corrected chi connectivity index (χ2v) is 5.41. The number of nitrogens with zero attached hydrogens (tertiary/aromatic N) is 2. The topological polar surface area (TPSA) is 72.4 Å². The fraction of sp³-hybridized carbons (Fsp3) is 0.571. The maximum absolute atomic E-state index is 12.7. The normalized spacial score (nSPS) is 16.8. The Kier molecular flexibility index (Phi) is 4.90. The minimum atomic E-state index is -4.15. The molecule has 1 heterocycles. The first-order chi connectivity index (χ1) is 10.3. The molecule has 0 bridgehead atoms. The zero-order valence-corrected chi connectivity index (χ0v) is 12.0. The van der Waals surface area contributed by atoms with Gasteiger partial charge in [-0.25, -0.2) is 0 Å². The van der Waals surface area contributed by atoms with Crippen LogP contribution < -0.4 is 10.6 Å². The van der Waals surface area contributed by atoms with E-state index in [2.05, 4.69) is 0 Å². The lowest BCUT2D eigenvalue weighted by Gasteiger charge is -2.35. The standard InChI is InChI=1S/C14H18F3N3O2/c15-14(16,17)11-4-7-19(8-5-11)13-2-1-12(20(21)22)9-10(13)3-6-18/h1-2,9,11H,3-8,18H2. The first-order valence-electron chi connectivity index (χ1n) is 7.12. The van der Waals surface area contributed by atoms with Crippen LogP contribution in [0.2, 0.25) is 0 Å². The van der Waals surface area contributed by atoms with Gasteiger partial charge in [-0.3, -0.25) is 10.1 Å². The van der Waals surface area contributed by atoms with E-state index >= 15 is 0 Å².